The number of ether oxygens (including phenoxy) is 1. The average Bonchev–Trinajstić information content (AvgIpc) is 2.38. The standard InChI is InChI=1S/C11H22N2O3/c1-7-8(5-12)9(14)6-13(7)10(15)16-11(2,3)4/h7-9,14H,5-6,12H2,1-4H3. The lowest BCUT2D eigenvalue weighted by Crippen LogP contribution is -2.40. The second-order valence-electron chi connectivity index (χ2n) is 5.34. The Morgan fingerprint density at radius 1 is 1.56 bits per heavy atom. The lowest BCUT2D eigenvalue weighted by Gasteiger charge is -2.27. The van der Waals surface area contributed by atoms with E-state index in [-0.39, 0.29) is 18.1 Å². The predicted octanol–water partition coefficient (Wildman–Crippen LogP) is 0.561. The Morgan fingerprint density at radius 3 is 2.50 bits per heavy atom. The van der Waals surface area contributed by atoms with Gasteiger partial charge in [-0.3, -0.25) is 0 Å². The number of likely N-dealkylation sites (tertiary alicyclic amines) is 1. The SMILES string of the molecule is CC1C(CN)C(O)CN1C(=O)OC(C)(C)C. The van der Waals surface area contributed by atoms with Gasteiger partial charge in [-0.2, -0.15) is 0 Å². The van der Waals surface area contributed by atoms with Crippen LogP contribution in [-0.2, 0) is 4.74 Å². The summed E-state index contributed by atoms with van der Waals surface area (Å²) in [5.41, 5.74) is 5.05. The van der Waals surface area contributed by atoms with Crippen molar-refractivity contribution in [3.05, 3.63) is 0 Å². The van der Waals surface area contributed by atoms with Crippen molar-refractivity contribution in [2.24, 2.45) is 11.7 Å². The van der Waals surface area contributed by atoms with Crippen LogP contribution in [0.15, 0.2) is 0 Å². The molecule has 3 atom stereocenters. The molecular formula is C11H22N2O3. The fourth-order valence-corrected chi connectivity index (χ4v) is 1.97. The summed E-state index contributed by atoms with van der Waals surface area (Å²) in [7, 11) is 0. The van der Waals surface area contributed by atoms with Gasteiger partial charge in [0.05, 0.1) is 12.6 Å². The van der Waals surface area contributed by atoms with Gasteiger partial charge in [0.2, 0.25) is 0 Å². The summed E-state index contributed by atoms with van der Waals surface area (Å²) < 4.78 is 5.27. The van der Waals surface area contributed by atoms with Crippen molar-refractivity contribution >= 4 is 6.09 Å². The highest BCUT2D eigenvalue weighted by molar-refractivity contribution is 5.69. The first-order chi connectivity index (χ1) is 7.26. The third-order valence-electron chi connectivity index (χ3n) is 2.89. The van der Waals surface area contributed by atoms with E-state index in [9.17, 15) is 9.90 Å². The van der Waals surface area contributed by atoms with Gasteiger partial charge in [0, 0.05) is 12.0 Å². The molecule has 0 aliphatic carbocycles. The van der Waals surface area contributed by atoms with E-state index >= 15 is 0 Å². The van der Waals surface area contributed by atoms with E-state index in [2.05, 4.69) is 0 Å². The van der Waals surface area contributed by atoms with Gasteiger partial charge in [-0.25, -0.2) is 4.79 Å². The number of carbonyl (C=O) groups excluding carboxylic acids is 1. The van der Waals surface area contributed by atoms with Crippen molar-refractivity contribution in [2.75, 3.05) is 13.1 Å². The van der Waals surface area contributed by atoms with Crippen molar-refractivity contribution in [3.8, 4) is 0 Å². The number of nitrogens with zero attached hydrogens (tertiary/aromatic N) is 1. The smallest absolute Gasteiger partial charge is 0.410 e. The Balaban J connectivity index is 2.65. The fraction of sp³-hybridized carbons (Fsp3) is 0.909. The van der Waals surface area contributed by atoms with Crippen molar-refractivity contribution in [1.29, 1.82) is 0 Å². The summed E-state index contributed by atoms with van der Waals surface area (Å²) >= 11 is 0. The normalized spacial score (nSPS) is 30.6. The third kappa shape index (κ3) is 2.86. The number of rotatable bonds is 1. The summed E-state index contributed by atoms with van der Waals surface area (Å²) in [5, 5.41) is 9.75. The number of hydrogen-bond donors (Lipinski definition) is 2. The first kappa shape index (κ1) is 13.3. The fourth-order valence-electron chi connectivity index (χ4n) is 1.97. The Labute approximate surface area is 96.6 Å². The van der Waals surface area contributed by atoms with Gasteiger partial charge in [-0.15, -0.1) is 0 Å². The molecule has 0 aromatic heterocycles. The van der Waals surface area contributed by atoms with E-state index in [1.165, 1.54) is 0 Å². The molecule has 0 spiro atoms. The Hall–Kier alpha value is -0.810. The molecule has 1 aliphatic heterocycles. The third-order valence-corrected chi connectivity index (χ3v) is 2.89. The summed E-state index contributed by atoms with van der Waals surface area (Å²) in [6, 6.07) is -0.0742. The van der Waals surface area contributed by atoms with Crippen LogP contribution in [0, 0.1) is 5.92 Å². The zero-order chi connectivity index (χ0) is 12.5. The second kappa shape index (κ2) is 4.59. The maximum Gasteiger partial charge on any atom is 0.410 e. The largest absolute Gasteiger partial charge is 0.444 e. The van der Waals surface area contributed by atoms with Gasteiger partial charge < -0.3 is 20.5 Å². The maximum atomic E-state index is 11.8. The summed E-state index contributed by atoms with van der Waals surface area (Å²) in [6.45, 7) is 8.03. The highest BCUT2D eigenvalue weighted by Gasteiger charge is 2.41. The first-order valence-corrected chi connectivity index (χ1v) is 5.64. The number of aliphatic hydroxyl groups is 1. The van der Waals surface area contributed by atoms with Crippen LogP contribution in [0.3, 0.4) is 0 Å². The van der Waals surface area contributed by atoms with Gasteiger partial charge in [-0.05, 0) is 34.2 Å². The molecule has 16 heavy (non-hydrogen) atoms. The van der Waals surface area contributed by atoms with E-state index < -0.39 is 11.7 Å². The molecule has 1 amide bonds. The molecule has 0 radical (unpaired) electrons. The molecule has 1 heterocycles. The molecule has 3 unspecified atom stereocenters. The van der Waals surface area contributed by atoms with E-state index in [4.69, 9.17) is 10.5 Å². The molecule has 5 nitrogen and oxygen atoms in total. The summed E-state index contributed by atoms with van der Waals surface area (Å²) in [4.78, 5) is 13.4. The molecule has 0 aromatic rings. The zero-order valence-electron chi connectivity index (χ0n) is 10.4. The monoisotopic (exact) mass is 230 g/mol. The van der Waals surface area contributed by atoms with Crippen molar-refractivity contribution in [1.82, 2.24) is 4.90 Å². The first-order valence-electron chi connectivity index (χ1n) is 5.64. The van der Waals surface area contributed by atoms with Crippen LogP contribution >= 0.6 is 0 Å². The number of β-amino-alcohol motifs (C(OH)–C–C–N with tert-alkyl or cyclic N) is 1. The van der Waals surface area contributed by atoms with Gasteiger partial charge in [0.1, 0.15) is 5.60 Å². The van der Waals surface area contributed by atoms with Gasteiger partial charge in [0.15, 0.2) is 0 Å². The van der Waals surface area contributed by atoms with Crippen LogP contribution < -0.4 is 5.73 Å². The minimum Gasteiger partial charge on any atom is -0.444 e. The molecule has 0 aromatic carbocycles. The van der Waals surface area contributed by atoms with Crippen LogP contribution in [0.1, 0.15) is 27.7 Å². The summed E-state index contributed by atoms with van der Waals surface area (Å²) in [5.74, 6) is -0.0625. The van der Waals surface area contributed by atoms with Crippen molar-refractivity contribution in [3.63, 3.8) is 0 Å². The van der Waals surface area contributed by atoms with Gasteiger partial charge in [0.25, 0.3) is 0 Å². The van der Waals surface area contributed by atoms with Crippen LogP contribution in [-0.4, -0.2) is 46.9 Å². The van der Waals surface area contributed by atoms with Crippen LogP contribution in [0.25, 0.3) is 0 Å². The Bertz CT molecular complexity index is 262. The van der Waals surface area contributed by atoms with E-state index in [0.717, 1.165) is 0 Å². The minimum absolute atomic E-state index is 0.0625. The molecule has 1 fully saturated rings. The van der Waals surface area contributed by atoms with Gasteiger partial charge in [-0.1, -0.05) is 0 Å². The maximum absolute atomic E-state index is 11.8. The molecular weight excluding hydrogens is 208 g/mol. The van der Waals surface area contributed by atoms with Crippen molar-refractivity contribution in [2.45, 2.75) is 45.4 Å². The Morgan fingerprint density at radius 2 is 2.12 bits per heavy atom. The van der Waals surface area contributed by atoms with Crippen LogP contribution in [0.2, 0.25) is 0 Å². The highest BCUT2D eigenvalue weighted by atomic mass is 16.6. The molecule has 3 N–H and O–H groups in total. The molecule has 0 saturated carbocycles. The molecule has 0 bridgehead atoms. The molecule has 1 rings (SSSR count). The molecule has 94 valence electrons. The van der Waals surface area contributed by atoms with E-state index in [1.807, 2.05) is 27.7 Å². The second-order valence-corrected chi connectivity index (χ2v) is 5.34. The molecule has 1 saturated heterocycles. The quantitative estimate of drug-likeness (QED) is 0.690. The number of amides is 1. The van der Waals surface area contributed by atoms with E-state index in [1.54, 1.807) is 4.90 Å². The average molecular weight is 230 g/mol. The lowest BCUT2D eigenvalue weighted by molar-refractivity contribution is 0.0215. The number of aliphatic hydroxyl groups excluding tert-OH is 1. The topological polar surface area (TPSA) is 75.8 Å². The predicted molar refractivity (Wildman–Crippen MR) is 61.0 cm³/mol. The number of nitrogens with two attached hydrogens (primary N) is 1. The number of carbonyl (C=O) groups is 1. The molecule has 5 heteroatoms. The highest BCUT2D eigenvalue weighted by Crippen LogP contribution is 2.25. The van der Waals surface area contributed by atoms with Gasteiger partial charge >= 0.3 is 6.09 Å². The van der Waals surface area contributed by atoms with Crippen LogP contribution in [0.4, 0.5) is 4.79 Å². The zero-order valence-corrected chi connectivity index (χ0v) is 10.4. The number of hydrogen-bond acceptors (Lipinski definition) is 4. The van der Waals surface area contributed by atoms with E-state index in [0.29, 0.717) is 13.1 Å². The Kier molecular flexibility index (Phi) is 3.80. The minimum atomic E-state index is -0.549. The molecule has 1 aliphatic rings. The van der Waals surface area contributed by atoms with Crippen LogP contribution in [0.5, 0.6) is 0 Å². The van der Waals surface area contributed by atoms with Crippen molar-refractivity contribution < 1.29 is 14.6 Å². The lowest BCUT2D eigenvalue weighted by atomic mass is 10.0. The summed E-state index contributed by atoms with van der Waals surface area (Å²) in [6.07, 6.45) is -0.928.